The van der Waals surface area contributed by atoms with Gasteiger partial charge in [0.15, 0.2) is 16.6 Å². The van der Waals surface area contributed by atoms with Gasteiger partial charge in [0.05, 0.1) is 0 Å². The summed E-state index contributed by atoms with van der Waals surface area (Å²) in [6.07, 6.45) is 4.94. The molecule has 0 aromatic rings. The zero-order valence-corrected chi connectivity index (χ0v) is 21.3. The molecule has 0 amide bonds. The van der Waals surface area contributed by atoms with Gasteiger partial charge in [-0.05, 0) is 51.9 Å². The quantitative estimate of drug-likeness (QED) is 0.186. The van der Waals surface area contributed by atoms with Gasteiger partial charge >= 0.3 is 17.1 Å². The van der Waals surface area contributed by atoms with Gasteiger partial charge in [-0.25, -0.2) is 0 Å². The van der Waals surface area contributed by atoms with Crippen molar-refractivity contribution in [3.63, 3.8) is 0 Å². The molecule has 0 spiro atoms. The molecule has 0 rings (SSSR count). The van der Waals surface area contributed by atoms with E-state index >= 15 is 0 Å². The van der Waals surface area contributed by atoms with Crippen LogP contribution in [-0.2, 0) is 12.3 Å². The molecule has 1 unspecified atom stereocenters. The second-order valence-electron chi connectivity index (χ2n) is 8.27. The highest BCUT2D eigenvalue weighted by Crippen LogP contribution is 2.28. The maximum atomic E-state index is 6.69. The van der Waals surface area contributed by atoms with Crippen molar-refractivity contribution in [3.8, 4) is 0 Å². The first kappa shape index (κ1) is 47.9. The Bertz CT molecular complexity index is 413. The largest absolute Gasteiger partial charge is 0.433 e. The van der Waals surface area contributed by atoms with E-state index in [0.29, 0.717) is 0 Å². The average Bonchev–Trinajstić information content (AvgIpc) is 2.41. The lowest BCUT2D eigenvalue weighted by molar-refractivity contribution is 0.324. The molecule has 0 aliphatic carbocycles. The van der Waals surface area contributed by atoms with Crippen molar-refractivity contribution in [2.24, 2.45) is 0 Å². The van der Waals surface area contributed by atoms with E-state index in [0.717, 1.165) is 6.04 Å². The van der Waals surface area contributed by atoms with E-state index < -0.39 is 33.8 Å². The summed E-state index contributed by atoms with van der Waals surface area (Å²) in [6.45, 7) is 25.4. The average molecular weight is 501 g/mol. The van der Waals surface area contributed by atoms with E-state index in [1.165, 1.54) is 25.7 Å². The third-order valence-electron chi connectivity index (χ3n) is 3.92. The van der Waals surface area contributed by atoms with E-state index in [2.05, 4.69) is 65.9 Å². The Kier molecular flexibility index (Phi) is 31.7. The van der Waals surface area contributed by atoms with Crippen LogP contribution in [0.25, 0.3) is 0 Å². The molecule has 0 aromatic heterocycles. The first-order valence-corrected chi connectivity index (χ1v) is 20.5. The van der Waals surface area contributed by atoms with Crippen molar-refractivity contribution in [3.05, 3.63) is 24.6 Å². The van der Waals surface area contributed by atoms with Gasteiger partial charge in [0.1, 0.15) is 0 Å². The van der Waals surface area contributed by atoms with Crippen molar-refractivity contribution < 1.29 is 12.3 Å². The zero-order valence-electron chi connectivity index (χ0n) is 17.3. The first-order chi connectivity index (χ1) is 10.8. The highest BCUT2D eigenvalue weighted by atomic mass is 28.5. The monoisotopic (exact) mass is 500 g/mol. The highest BCUT2D eigenvalue weighted by Gasteiger charge is 2.44. The van der Waals surface area contributed by atoms with Crippen LogP contribution < -0.4 is 0 Å². The first-order valence-electron chi connectivity index (χ1n) is 9.18. The Labute approximate surface area is 199 Å². The fraction of sp³-hybridized carbons (Fsp3) is 0.826. The predicted molar refractivity (Wildman–Crippen MR) is 157 cm³/mol. The molecule has 0 heterocycles. The molecule has 1 atom stereocenters. The topological polar surface area (TPSA) is 27.7 Å². The van der Waals surface area contributed by atoms with Crippen LogP contribution in [0.4, 0.5) is 0 Å². The Balaban J connectivity index is -0.000000176. The summed E-state index contributed by atoms with van der Waals surface area (Å²) in [4.78, 5) is 0. The Morgan fingerprint density at radius 3 is 1.37 bits per heavy atom. The van der Waals surface area contributed by atoms with Crippen molar-refractivity contribution in [1.82, 2.24) is 0 Å². The molecule has 0 radical (unpaired) electrons. The van der Waals surface area contributed by atoms with Crippen LogP contribution in [0.3, 0.4) is 0 Å². The van der Waals surface area contributed by atoms with E-state index in [1.807, 2.05) is 11.4 Å². The normalized spacial score (nSPS) is 12.7. The van der Waals surface area contributed by atoms with Crippen LogP contribution in [-0.4, -0.2) is 33.8 Å². The molecular weight excluding hydrogens is 437 g/mol. The number of rotatable bonds is 13. The van der Waals surface area contributed by atoms with Crippen LogP contribution in [0.5, 0.6) is 0 Å². The summed E-state index contributed by atoms with van der Waals surface area (Å²) in [7, 11) is -8.30. The minimum atomic E-state index is -2.29. The fourth-order valence-electron chi connectivity index (χ4n) is 2.81. The minimum absolute atomic E-state index is 0. The maximum Gasteiger partial charge on any atom is 0.316 e. The van der Waals surface area contributed by atoms with Gasteiger partial charge in [0.2, 0.25) is 0 Å². The Hall–Kier alpha value is 0.228. The molecular formula is C23H64O3Si4. The van der Waals surface area contributed by atoms with Crippen LogP contribution in [0.15, 0.2) is 24.6 Å². The summed E-state index contributed by atoms with van der Waals surface area (Å²) in [6, 6.07) is 1.03. The third-order valence-corrected chi connectivity index (χ3v) is 18.7. The van der Waals surface area contributed by atoms with Crippen molar-refractivity contribution in [2.75, 3.05) is 0 Å². The van der Waals surface area contributed by atoms with Crippen LogP contribution in [0.1, 0.15) is 77.2 Å². The molecule has 0 aromatic carbocycles. The van der Waals surface area contributed by atoms with Gasteiger partial charge < -0.3 is 12.3 Å². The van der Waals surface area contributed by atoms with E-state index in [-0.39, 0.29) is 44.6 Å². The van der Waals surface area contributed by atoms with E-state index in [9.17, 15) is 0 Å². The summed E-state index contributed by atoms with van der Waals surface area (Å²) in [5.41, 5.74) is 3.99. The molecule has 0 saturated heterocycles. The summed E-state index contributed by atoms with van der Waals surface area (Å²) >= 11 is 0. The zero-order chi connectivity index (χ0) is 19.1. The summed E-state index contributed by atoms with van der Waals surface area (Å²) in [5.74, 6) is 0. The number of unbranched alkanes of at least 4 members (excludes halogenated alkanes) is 3. The molecule has 0 bridgehead atoms. The SMILES string of the molecule is C.C.C.C.C.C.C=C[Si](C)(C)O[Si](C)(C)O[Si](C)(CCCCCC)O[Si](C)(C)C=C. The lowest BCUT2D eigenvalue weighted by atomic mass is 10.2. The van der Waals surface area contributed by atoms with Crippen molar-refractivity contribution in [1.29, 1.82) is 0 Å². The standard InChI is InChI=1S/C17H40O3Si4.6CH4/c1-11-14-15-16-17-24(10,19-22(6,7)13-3)20-23(8,9)18-21(4,5)12-2;;;;;;/h12-13H,2-3,11,14-17H2,1,4-10H3;6*1H4. The van der Waals surface area contributed by atoms with Gasteiger partial charge in [0.25, 0.3) is 0 Å². The molecule has 3 nitrogen and oxygen atoms in total. The smallest absolute Gasteiger partial charge is 0.316 e. The second kappa shape index (κ2) is 19.9. The van der Waals surface area contributed by atoms with Crippen LogP contribution in [0.2, 0.25) is 51.9 Å². The molecule has 0 saturated carbocycles. The molecule has 7 heteroatoms. The van der Waals surface area contributed by atoms with Crippen LogP contribution >= 0.6 is 0 Å². The van der Waals surface area contributed by atoms with Gasteiger partial charge in [-0.3, -0.25) is 0 Å². The van der Waals surface area contributed by atoms with Gasteiger partial charge in [-0.2, -0.15) is 0 Å². The second-order valence-corrected chi connectivity index (χ2v) is 23.5. The van der Waals surface area contributed by atoms with E-state index in [4.69, 9.17) is 12.3 Å². The molecule has 0 N–H and O–H groups in total. The summed E-state index contributed by atoms with van der Waals surface area (Å²) in [5, 5.41) is 0. The minimum Gasteiger partial charge on any atom is -0.433 e. The molecule has 190 valence electrons. The third kappa shape index (κ3) is 21.5. The maximum absolute atomic E-state index is 6.69. The van der Waals surface area contributed by atoms with E-state index in [1.54, 1.807) is 0 Å². The van der Waals surface area contributed by atoms with Gasteiger partial charge in [0, 0.05) is 0 Å². The highest BCUT2D eigenvalue weighted by molar-refractivity contribution is 6.91. The van der Waals surface area contributed by atoms with Gasteiger partial charge in [-0.1, -0.05) is 88.6 Å². The summed E-state index contributed by atoms with van der Waals surface area (Å²) < 4.78 is 19.7. The van der Waals surface area contributed by atoms with Crippen molar-refractivity contribution in [2.45, 2.75) is 129 Å². The van der Waals surface area contributed by atoms with Gasteiger partial charge in [-0.15, -0.1) is 13.2 Å². The van der Waals surface area contributed by atoms with Crippen LogP contribution in [0, 0.1) is 0 Å². The Morgan fingerprint density at radius 1 is 0.600 bits per heavy atom. The number of hydrogen-bond acceptors (Lipinski definition) is 3. The molecule has 30 heavy (non-hydrogen) atoms. The lowest BCUT2D eigenvalue weighted by Gasteiger charge is -2.41. The fourth-order valence-corrected chi connectivity index (χ4v) is 19.9. The molecule has 0 aliphatic heterocycles. The molecule has 0 aliphatic rings. The number of hydrogen-bond donors (Lipinski definition) is 0. The molecule has 0 fully saturated rings. The van der Waals surface area contributed by atoms with Crippen molar-refractivity contribution >= 4 is 33.8 Å². The Morgan fingerprint density at radius 2 is 1.00 bits per heavy atom. The lowest BCUT2D eigenvalue weighted by Crippen LogP contribution is -2.57. The predicted octanol–water partition coefficient (Wildman–Crippen LogP) is 10.1.